The third kappa shape index (κ3) is 6.22. The molecule has 0 aliphatic heterocycles. The number of anilines is 1. The van der Waals surface area contributed by atoms with Crippen molar-refractivity contribution in [3.8, 4) is 0 Å². The maximum atomic E-state index is 13.0. The lowest BCUT2D eigenvalue weighted by Crippen LogP contribution is -2.29. The van der Waals surface area contributed by atoms with E-state index in [-0.39, 0.29) is 21.4 Å². The van der Waals surface area contributed by atoms with Crippen LogP contribution in [0.2, 0.25) is 5.02 Å². The van der Waals surface area contributed by atoms with E-state index < -0.39 is 10.0 Å². The van der Waals surface area contributed by atoms with Gasteiger partial charge < -0.3 is 5.32 Å². The summed E-state index contributed by atoms with van der Waals surface area (Å²) < 4.78 is 28.5. The molecule has 1 unspecified atom stereocenters. The lowest BCUT2D eigenvalue weighted by Gasteiger charge is -2.16. The molecule has 1 amide bonds. The summed E-state index contributed by atoms with van der Waals surface area (Å²) in [6.07, 6.45) is 4.30. The largest absolute Gasteiger partial charge is 0.352 e. The molecule has 7 heteroatoms. The fraction of sp³-hybridized carbons (Fsp3) is 0.435. The molecule has 2 rings (SSSR count). The van der Waals surface area contributed by atoms with Gasteiger partial charge in [0.2, 0.25) is 0 Å². The van der Waals surface area contributed by atoms with E-state index >= 15 is 0 Å². The zero-order valence-electron chi connectivity index (χ0n) is 18.1. The number of carbonyl (C=O) groups excluding carboxylic acids is 1. The number of unbranched alkanes of at least 4 members (excludes halogenated alkanes) is 1. The first kappa shape index (κ1) is 24.2. The number of aryl methyl sites for hydroxylation is 1. The molecule has 164 valence electrons. The second-order valence-corrected chi connectivity index (χ2v) is 9.68. The van der Waals surface area contributed by atoms with Crippen LogP contribution in [0.4, 0.5) is 5.69 Å². The van der Waals surface area contributed by atoms with E-state index in [1.807, 2.05) is 19.9 Å². The van der Waals surface area contributed by atoms with Crippen molar-refractivity contribution in [2.24, 2.45) is 5.92 Å². The standard InChI is InChI=1S/C23H31ClN2O3S/c1-5-7-10-18(6-2)15-25-23(27)19-12-13-20(24)22(14-19)30(28,29)26-21-11-8-9-16(3)17(21)4/h8-9,11-14,18,26H,5-7,10,15H2,1-4H3,(H,25,27). The fourth-order valence-corrected chi connectivity index (χ4v) is 4.84. The summed E-state index contributed by atoms with van der Waals surface area (Å²) in [5.41, 5.74) is 2.57. The highest BCUT2D eigenvalue weighted by Crippen LogP contribution is 2.27. The molecule has 0 radical (unpaired) electrons. The van der Waals surface area contributed by atoms with Gasteiger partial charge >= 0.3 is 0 Å². The Morgan fingerprint density at radius 1 is 1.13 bits per heavy atom. The molecule has 0 aliphatic carbocycles. The van der Waals surface area contributed by atoms with Crippen LogP contribution in [0.1, 0.15) is 61.0 Å². The van der Waals surface area contributed by atoms with Gasteiger partial charge in [0.1, 0.15) is 4.90 Å². The molecular weight excluding hydrogens is 420 g/mol. The first-order chi connectivity index (χ1) is 14.2. The van der Waals surface area contributed by atoms with E-state index in [4.69, 9.17) is 11.6 Å². The molecule has 0 heterocycles. The highest BCUT2D eigenvalue weighted by molar-refractivity contribution is 7.92. The van der Waals surface area contributed by atoms with E-state index in [2.05, 4.69) is 23.9 Å². The van der Waals surface area contributed by atoms with Gasteiger partial charge in [0, 0.05) is 12.1 Å². The fourth-order valence-electron chi connectivity index (χ4n) is 3.19. The number of rotatable bonds is 10. The molecule has 0 aliphatic rings. The number of carbonyl (C=O) groups is 1. The van der Waals surface area contributed by atoms with Crippen LogP contribution in [0.5, 0.6) is 0 Å². The molecule has 30 heavy (non-hydrogen) atoms. The van der Waals surface area contributed by atoms with Crippen LogP contribution in [0.25, 0.3) is 0 Å². The Morgan fingerprint density at radius 3 is 2.53 bits per heavy atom. The van der Waals surface area contributed by atoms with Gasteiger partial charge in [-0.05, 0) is 61.6 Å². The van der Waals surface area contributed by atoms with Gasteiger partial charge in [-0.2, -0.15) is 0 Å². The van der Waals surface area contributed by atoms with E-state index in [0.717, 1.165) is 36.8 Å². The quantitative estimate of drug-likeness (QED) is 0.487. The third-order valence-electron chi connectivity index (χ3n) is 5.43. The number of nitrogens with one attached hydrogen (secondary N) is 2. The van der Waals surface area contributed by atoms with Crippen LogP contribution in [-0.4, -0.2) is 20.9 Å². The SMILES string of the molecule is CCCCC(CC)CNC(=O)c1ccc(Cl)c(S(=O)(=O)Nc2cccc(C)c2C)c1. The van der Waals surface area contributed by atoms with Crippen molar-refractivity contribution in [3.63, 3.8) is 0 Å². The van der Waals surface area contributed by atoms with Crippen LogP contribution in [0.3, 0.4) is 0 Å². The third-order valence-corrected chi connectivity index (χ3v) is 7.27. The lowest BCUT2D eigenvalue weighted by atomic mass is 9.99. The summed E-state index contributed by atoms with van der Waals surface area (Å²) >= 11 is 6.18. The first-order valence-electron chi connectivity index (χ1n) is 10.4. The van der Waals surface area contributed by atoms with Crippen molar-refractivity contribution in [3.05, 3.63) is 58.1 Å². The van der Waals surface area contributed by atoms with Crippen molar-refractivity contribution in [2.45, 2.75) is 58.3 Å². The Hall–Kier alpha value is -2.05. The lowest BCUT2D eigenvalue weighted by molar-refractivity contribution is 0.0945. The highest BCUT2D eigenvalue weighted by Gasteiger charge is 2.21. The van der Waals surface area contributed by atoms with Gasteiger partial charge in [-0.1, -0.05) is 56.8 Å². The molecule has 0 fully saturated rings. The van der Waals surface area contributed by atoms with E-state index in [9.17, 15) is 13.2 Å². The summed E-state index contributed by atoms with van der Waals surface area (Å²) in [5.74, 6) is 0.111. The van der Waals surface area contributed by atoms with Gasteiger partial charge in [-0.25, -0.2) is 8.42 Å². The zero-order valence-corrected chi connectivity index (χ0v) is 19.7. The molecule has 2 aromatic carbocycles. The molecule has 5 nitrogen and oxygen atoms in total. The normalized spacial score (nSPS) is 12.4. The predicted molar refractivity (Wildman–Crippen MR) is 124 cm³/mol. The van der Waals surface area contributed by atoms with Crippen molar-refractivity contribution >= 4 is 33.2 Å². The summed E-state index contributed by atoms with van der Waals surface area (Å²) in [7, 11) is -3.95. The maximum absolute atomic E-state index is 13.0. The molecule has 2 N–H and O–H groups in total. The van der Waals surface area contributed by atoms with Crippen molar-refractivity contribution in [1.82, 2.24) is 5.32 Å². The molecule has 1 atom stereocenters. The van der Waals surface area contributed by atoms with Crippen molar-refractivity contribution in [2.75, 3.05) is 11.3 Å². The molecule has 2 aromatic rings. The van der Waals surface area contributed by atoms with Gasteiger partial charge in [0.25, 0.3) is 15.9 Å². The molecule has 0 spiro atoms. The van der Waals surface area contributed by atoms with Gasteiger partial charge in [-0.3, -0.25) is 9.52 Å². The molecule has 0 saturated heterocycles. The first-order valence-corrected chi connectivity index (χ1v) is 12.2. The Kier molecular flexibility index (Phi) is 8.74. The molecule has 0 saturated carbocycles. The minimum Gasteiger partial charge on any atom is -0.352 e. The van der Waals surface area contributed by atoms with E-state index in [1.165, 1.54) is 12.1 Å². The maximum Gasteiger partial charge on any atom is 0.263 e. The zero-order chi connectivity index (χ0) is 22.3. The molecule has 0 aromatic heterocycles. The summed E-state index contributed by atoms with van der Waals surface area (Å²) in [5, 5.41) is 2.99. The van der Waals surface area contributed by atoms with E-state index in [0.29, 0.717) is 18.2 Å². The predicted octanol–water partition coefficient (Wildman–Crippen LogP) is 5.70. The Bertz CT molecular complexity index is 990. The summed E-state index contributed by atoms with van der Waals surface area (Å²) in [6.45, 7) is 8.59. The average molecular weight is 451 g/mol. The second-order valence-electron chi connectivity index (χ2n) is 7.62. The monoisotopic (exact) mass is 450 g/mol. The van der Waals surface area contributed by atoms with Crippen LogP contribution < -0.4 is 10.0 Å². The molecule has 0 bridgehead atoms. The van der Waals surface area contributed by atoms with Gasteiger partial charge in [0.05, 0.1) is 10.7 Å². The number of sulfonamides is 1. The van der Waals surface area contributed by atoms with Gasteiger partial charge in [0.15, 0.2) is 0 Å². The number of hydrogen-bond acceptors (Lipinski definition) is 3. The summed E-state index contributed by atoms with van der Waals surface area (Å²) in [4.78, 5) is 12.5. The van der Waals surface area contributed by atoms with Crippen molar-refractivity contribution < 1.29 is 13.2 Å². The van der Waals surface area contributed by atoms with Gasteiger partial charge in [-0.15, -0.1) is 0 Å². The van der Waals surface area contributed by atoms with Crippen LogP contribution in [0.15, 0.2) is 41.3 Å². The van der Waals surface area contributed by atoms with Crippen LogP contribution in [-0.2, 0) is 10.0 Å². The van der Waals surface area contributed by atoms with Crippen LogP contribution in [0, 0.1) is 19.8 Å². The number of halogens is 1. The average Bonchev–Trinajstić information content (AvgIpc) is 2.71. The second kappa shape index (κ2) is 10.8. The topological polar surface area (TPSA) is 75.3 Å². The Morgan fingerprint density at radius 2 is 1.87 bits per heavy atom. The number of benzene rings is 2. The number of amides is 1. The molecular formula is C23H31ClN2O3S. The minimum absolute atomic E-state index is 0.0683. The van der Waals surface area contributed by atoms with Crippen LogP contribution >= 0.6 is 11.6 Å². The number of hydrogen-bond donors (Lipinski definition) is 2. The Balaban J connectivity index is 2.21. The highest BCUT2D eigenvalue weighted by atomic mass is 35.5. The summed E-state index contributed by atoms with van der Waals surface area (Å²) in [6, 6.07) is 9.72. The van der Waals surface area contributed by atoms with E-state index in [1.54, 1.807) is 18.2 Å². The Labute approximate surface area is 185 Å². The minimum atomic E-state index is -3.95. The smallest absolute Gasteiger partial charge is 0.263 e. The van der Waals surface area contributed by atoms with Crippen molar-refractivity contribution in [1.29, 1.82) is 0 Å².